The number of piperazine rings is 1. The summed E-state index contributed by atoms with van der Waals surface area (Å²) in [6.07, 6.45) is 1.14. The molecular formula is C8H16N2O4S. The highest BCUT2D eigenvalue weighted by Gasteiger charge is 2.30. The van der Waals surface area contributed by atoms with E-state index in [0.29, 0.717) is 19.7 Å². The third-order valence-electron chi connectivity index (χ3n) is 2.18. The Morgan fingerprint density at radius 3 is 2.80 bits per heavy atom. The van der Waals surface area contributed by atoms with Crippen LogP contribution in [0.1, 0.15) is 6.92 Å². The van der Waals surface area contributed by atoms with Crippen LogP contribution >= 0.6 is 0 Å². The lowest BCUT2D eigenvalue weighted by Gasteiger charge is -2.30. The van der Waals surface area contributed by atoms with E-state index in [4.69, 9.17) is 4.74 Å². The van der Waals surface area contributed by atoms with Crippen molar-refractivity contribution in [3.63, 3.8) is 0 Å². The van der Waals surface area contributed by atoms with Crippen LogP contribution in [-0.4, -0.2) is 57.2 Å². The van der Waals surface area contributed by atoms with Crippen LogP contribution < -0.4 is 5.32 Å². The summed E-state index contributed by atoms with van der Waals surface area (Å²) in [5, 5.41) is 2.93. The molecule has 0 bridgehead atoms. The molecule has 7 heteroatoms. The van der Waals surface area contributed by atoms with Crippen molar-refractivity contribution in [3.05, 3.63) is 0 Å². The molecule has 0 saturated carbocycles. The van der Waals surface area contributed by atoms with Crippen molar-refractivity contribution in [2.24, 2.45) is 0 Å². The van der Waals surface area contributed by atoms with E-state index < -0.39 is 22.0 Å². The molecular weight excluding hydrogens is 220 g/mol. The number of carbonyl (C=O) groups excluding carboxylic acids is 1. The average molecular weight is 236 g/mol. The first-order valence-electron chi connectivity index (χ1n) is 4.80. The maximum Gasteiger partial charge on any atom is 0.324 e. The Balaban J connectivity index is 2.60. The van der Waals surface area contributed by atoms with Gasteiger partial charge < -0.3 is 10.1 Å². The molecule has 0 aromatic heterocycles. The molecule has 15 heavy (non-hydrogen) atoms. The van der Waals surface area contributed by atoms with Crippen molar-refractivity contribution in [1.29, 1.82) is 0 Å². The summed E-state index contributed by atoms with van der Waals surface area (Å²) < 4.78 is 28.6. The average Bonchev–Trinajstić information content (AvgIpc) is 2.17. The van der Waals surface area contributed by atoms with Crippen molar-refractivity contribution in [3.8, 4) is 0 Å². The summed E-state index contributed by atoms with van der Waals surface area (Å²) >= 11 is 0. The fourth-order valence-corrected chi connectivity index (χ4v) is 2.27. The molecule has 1 atom stereocenters. The van der Waals surface area contributed by atoms with Gasteiger partial charge in [0.25, 0.3) is 0 Å². The minimum atomic E-state index is -3.22. The summed E-state index contributed by atoms with van der Waals surface area (Å²) in [5.74, 6) is -0.397. The Morgan fingerprint density at radius 2 is 2.27 bits per heavy atom. The molecule has 0 amide bonds. The molecule has 0 radical (unpaired) electrons. The molecule has 0 aliphatic carbocycles. The first-order chi connectivity index (χ1) is 6.95. The number of ether oxygens (including phenoxy) is 1. The lowest BCUT2D eigenvalue weighted by Crippen LogP contribution is -2.55. The highest BCUT2D eigenvalue weighted by atomic mass is 32.2. The quantitative estimate of drug-likeness (QED) is 0.622. The molecule has 6 nitrogen and oxygen atoms in total. The van der Waals surface area contributed by atoms with Gasteiger partial charge in [0.1, 0.15) is 6.04 Å². The van der Waals surface area contributed by atoms with Crippen molar-refractivity contribution < 1.29 is 17.9 Å². The normalized spacial score (nSPS) is 23.7. The zero-order valence-corrected chi connectivity index (χ0v) is 9.71. The van der Waals surface area contributed by atoms with Crippen LogP contribution in [0.5, 0.6) is 0 Å². The molecule has 0 aromatic rings. The van der Waals surface area contributed by atoms with Gasteiger partial charge in [-0.3, -0.25) is 4.79 Å². The molecule has 1 N–H and O–H groups in total. The Morgan fingerprint density at radius 1 is 1.60 bits per heavy atom. The van der Waals surface area contributed by atoms with Crippen molar-refractivity contribution in [2.75, 3.05) is 32.5 Å². The van der Waals surface area contributed by atoms with E-state index in [1.165, 1.54) is 4.31 Å². The van der Waals surface area contributed by atoms with E-state index in [2.05, 4.69) is 5.32 Å². The maximum absolute atomic E-state index is 11.4. The largest absolute Gasteiger partial charge is 0.465 e. The first-order valence-corrected chi connectivity index (χ1v) is 6.65. The monoisotopic (exact) mass is 236 g/mol. The highest BCUT2D eigenvalue weighted by Crippen LogP contribution is 2.05. The van der Waals surface area contributed by atoms with Crippen LogP contribution in [0, 0.1) is 0 Å². The SMILES string of the molecule is CCOC(=O)C1CN(S(C)(=O)=O)CCN1. The van der Waals surface area contributed by atoms with Gasteiger partial charge in [-0.2, -0.15) is 4.31 Å². The Hall–Kier alpha value is -0.660. The van der Waals surface area contributed by atoms with Gasteiger partial charge in [0.15, 0.2) is 0 Å². The van der Waals surface area contributed by atoms with Crippen LogP contribution in [-0.2, 0) is 19.6 Å². The Kier molecular flexibility index (Phi) is 4.06. The molecule has 1 unspecified atom stereocenters. The summed E-state index contributed by atoms with van der Waals surface area (Å²) in [4.78, 5) is 11.4. The van der Waals surface area contributed by atoms with Gasteiger partial charge >= 0.3 is 5.97 Å². The van der Waals surface area contributed by atoms with Gasteiger partial charge in [0.2, 0.25) is 10.0 Å². The molecule has 0 spiro atoms. The molecule has 1 saturated heterocycles. The second kappa shape index (κ2) is 4.91. The van der Waals surface area contributed by atoms with Crippen LogP contribution in [0.15, 0.2) is 0 Å². The van der Waals surface area contributed by atoms with Crippen molar-refractivity contribution in [2.45, 2.75) is 13.0 Å². The Bertz CT molecular complexity index is 328. The second-order valence-electron chi connectivity index (χ2n) is 3.38. The van der Waals surface area contributed by atoms with Crippen LogP contribution in [0.4, 0.5) is 0 Å². The zero-order valence-electron chi connectivity index (χ0n) is 8.89. The number of esters is 1. The second-order valence-corrected chi connectivity index (χ2v) is 5.36. The van der Waals surface area contributed by atoms with E-state index in [9.17, 15) is 13.2 Å². The van der Waals surface area contributed by atoms with E-state index in [-0.39, 0.29) is 6.54 Å². The fraction of sp³-hybridized carbons (Fsp3) is 0.875. The molecule has 1 aliphatic rings. The van der Waals surface area contributed by atoms with Crippen LogP contribution in [0.25, 0.3) is 0 Å². The number of hydrogen-bond acceptors (Lipinski definition) is 5. The molecule has 1 rings (SSSR count). The predicted molar refractivity (Wildman–Crippen MR) is 54.8 cm³/mol. The minimum absolute atomic E-state index is 0.150. The third-order valence-corrected chi connectivity index (χ3v) is 3.45. The highest BCUT2D eigenvalue weighted by molar-refractivity contribution is 7.88. The molecule has 1 fully saturated rings. The van der Waals surface area contributed by atoms with Gasteiger partial charge in [-0.1, -0.05) is 0 Å². The predicted octanol–water partition coefficient (Wildman–Crippen LogP) is -1.22. The lowest BCUT2D eigenvalue weighted by molar-refractivity contribution is -0.146. The van der Waals surface area contributed by atoms with Gasteiger partial charge in [0.05, 0.1) is 12.9 Å². The number of nitrogens with one attached hydrogen (secondary N) is 1. The van der Waals surface area contributed by atoms with Gasteiger partial charge in [-0.15, -0.1) is 0 Å². The molecule has 88 valence electrons. The topological polar surface area (TPSA) is 75.7 Å². The molecule has 0 aromatic carbocycles. The molecule has 1 heterocycles. The van der Waals surface area contributed by atoms with Gasteiger partial charge in [0, 0.05) is 19.6 Å². The smallest absolute Gasteiger partial charge is 0.324 e. The minimum Gasteiger partial charge on any atom is -0.465 e. The number of hydrogen-bond donors (Lipinski definition) is 1. The van der Waals surface area contributed by atoms with E-state index >= 15 is 0 Å². The number of rotatable bonds is 3. The van der Waals surface area contributed by atoms with Gasteiger partial charge in [-0.05, 0) is 6.92 Å². The van der Waals surface area contributed by atoms with Crippen LogP contribution in [0.3, 0.4) is 0 Å². The summed E-state index contributed by atoms with van der Waals surface area (Å²) in [6.45, 7) is 3.04. The van der Waals surface area contributed by atoms with Crippen molar-refractivity contribution in [1.82, 2.24) is 9.62 Å². The van der Waals surface area contributed by atoms with Gasteiger partial charge in [-0.25, -0.2) is 8.42 Å². The number of nitrogens with zero attached hydrogens (tertiary/aromatic N) is 1. The van der Waals surface area contributed by atoms with Crippen molar-refractivity contribution >= 4 is 16.0 Å². The standard InChI is InChI=1S/C8H16N2O4S/c1-3-14-8(11)7-6-10(5-4-9-7)15(2,12)13/h7,9H,3-6H2,1-2H3. The molecule has 1 aliphatic heterocycles. The van der Waals surface area contributed by atoms with E-state index in [1.807, 2.05) is 0 Å². The number of sulfonamides is 1. The summed E-state index contributed by atoms with van der Waals surface area (Å²) in [7, 11) is -3.22. The summed E-state index contributed by atoms with van der Waals surface area (Å²) in [6, 6.07) is -0.548. The first kappa shape index (κ1) is 12.4. The van der Waals surface area contributed by atoms with E-state index in [1.54, 1.807) is 6.92 Å². The van der Waals surface area contributed by atoms with E-state index in [0.717, 1.165) is 6.26 Å². The lowest BCUT2D eigenvalue weighted by atomic mass is 10.2. The fourth-order valence-electron chi connectivity index (χ4n) is 1.42. The zero-order chi connectivity index (χ0) is 11.5. The Labute approximate surface area is 89.6 Å². The maximum atomic E-state index is 11.4. The number of carbonyl (C=O) groups is 1. The summed E-state index contributed by atoms with van der Waals surface area (Å²) in [5.41, 5.74) is 0. The van der Waals surface area contributed by atoms with Crippen LogP contribution in [0.2, 0.25) is 0 Å². The third kappa shape index (κ3) is 3.44.